The predicted octanol–water partition coefficient (Wildman–Crippen LogP) is 15.9. The molecule has 8 aromatic carbocycles. The van der Waals surface area contributed by atoms with Gasteiger partial charge in [-0.1, -0.05) is 103 Å². The first-order valence-corrected chi connectivity index (χ1v) is 19.4. The molecule has 0 aliphatic heterocycles. The SMILES string of the molecule is [C-]#[N+]c1ccccc1-c1ccc2c(c1)c1ccccc1n2-c1cc([N+]#[C-])c(-c2cc(C)cc(C(F)(F)F)c2)cc1-n1c2ccccc2c2cc(-c3ccccc3[N+]#[C-])ccc21. The highest BCUT2D eigenvalue weighted by molar-refractivity contribution is 6.13. The second-order valence-corrected chi connectivity index (χ2v) is 15.0. The van der Waals surface area contributed by atoms with Crippen molar-refractivity contribution >= 4 is 60.7 Å². The number of halogens is 3. The maximum Gasteiger partial charge on any atom is 0.416 e. The zero-order chi connectivity index (χ0) is 42.0. The quantitative estimate of drug-likeness (QED) is 0.155. The molecule has 0 aliphatic rings. The molecule has 0 radical (unpaired) electrons. The Morgan fingerprint density at radius 1 is 0.410 bits per heavy atom. The highest BCUT2D eigenvalue weighted by Gasteiger charge is 2.31. The van der Waals surface area contributed by atoms with Crippen LogP contribution in [0.25, 0.3) is 103 Å². The van der Waals surface area contributed by atoms with E-state index < -0.39 is 11.7 Å². The molecule has 0 saturated carbocycles. The van der Waals surface area contributed by atoms with E-state index in [4.69, 9.17) is 19.7 Å². The van der Waals surface area contributed by atoms with Gasteiger partial charge in [0.05, 0.1) is 58.7 Å². The fraction of sp³-hybridized carbons (Fsp3) is 0.0377. The van der Waals surface area contributed by atoms with E-state index >= 15 is 0 Å². The molecular formula is C53H30F3N5. The zero-order valence-corrected chi connectivity index (χ0v) is 32.5. The van der Waals surface area contributed by atoms with E-state index in [-0.39, 0.29) is 11.3 Å². The third-order valence-electron chi connectivity index (χ3n) is 11.4. The molecule has 0 bridgehead atoms. The summed E-state index contributed by atoms with van der Waals surface area (Å²) >= 11 is 0. The van der Waals surface area contributed by atoms with Gasteiger partial charge in [0.25, 0.3) is 0 Å². The summed E-state index contributed by atoms with van der Waals surface area (Å²) in [6.07, 6.45) is -4.59. The minimum atomic E-state index is -4.59. The molecule has 0 unspecified atom stereocenters. The van der Waals surface area contributed by atoms with Gasteiger partial charge in [0.1, 0.15) is 0 Å². The molecule has 0 atom stereocenters. The van der Waals surface area contributed by atoms with Crippen LogP contribution in [0, 0.1) is 26.6 Å². The van der Waals surface area contributed by atoms with Crippen molar-refractivity contribution < 1.29 is 13.2 Å². The van der Waals surface area contributed by atoms with Gasteiger partial charge in [-0.3, -0.25) is 0 Å². The lowest BCUT2D eigenvalue weighted by Crippen LogP contribution is -2.06. The number of hydrogen-bond acceptors (Lipinski definition) is 0. The van der Waals surface area contributed by atoms with Crippen LogP contribution in [0.1, 0.15) is 11.1 Å². The van der Waals surface area contributed by atoms with E-state index in [1.165, 1.54) is 0 Å². The first-order valence-electron chi connectivity index (χ1n) is 19.4. The highest BCUT2D eigenvalue weighted by atomic mass is 19.4. The molecule has 288 valence electrons. The number of para-hydroxylation sites is 4. The number of nitrogens with zero attached hydrogens (tertiary/aromatic N) is 5. The van der Waals surface area contributed by atoms with Crippen LogP contribution in [0.15, 0.2) is 164 Å². The molecule has 2 heterocycles. The molecule has 0 saturated heterocycles. The van der Waals surface area contributed by atoms with Gasteiger partial charge in [-0.15, -0.1) is 0 Å². The molecule has 10 aromatic rings. The van der Waals surface area contributed by atoms with Crippen LogP contribution in [0.4, 0.5) is 30.2 Å². The number of alkyl halides is 3. The van der Waals surface area contributed by atoms with E-state index in [0.29, 0.717) is 33.9 Å². The lowest BCUT2D eigenvalue weighted by molar-refractivity contribution is -0.137. The predicted molar refractivity (Wildman–Crippen MR) is 240 cm³/mol. The summed E-state index contributed by atoms with van der Waals surface area (Å²) in [6, 6.07) is 50.9. The molecule has 2 aromatic heterocycles. The van der Waals surface area contributed by atoms with Crippen LogP contribution < -0.4 is 0 Å². The number of aryl methyl sites for hydroxylation is 1. The van der Waals surface area contributed by atoms with Gasteiger partial charge in [-0.2, -0.15) is 13.2 Å². The lowest BCUT2D eigenvalue weighted by atomic mass is 9.97. The number of aromatic nitrogens is 2. The van der Waals surface area contributed by atoms with E-state index in [0.717, 1.165) is 78.0 Å². The van der Waals surface area contributed by atoms with Crippen molar-refractivity contribution in [2.24, 2.45) is 0 Å². The van der Waals surface area contributed by atoms with Crippen molar-refractivity contribution in [2.45, 2.75) is 13.1 Å². The zero-order valence-electron chi connectivity index (χ0n) is 32.5. The number of fused-ring (bicyclic) bond motifs is 6. The molecule has 10 rings (SSSR count). The Morgan fingerprint density at radius 2 is 0.869 bits per heavy atom. The fourth-order valence-electron chi connectivity index (χ4n) is 8.78. The highest BCUT2D eigenvalue weighted by Crippen LogP contribution is 2.46. The normalized spacial score (nSPS) is 11.6. The number of benzene rings is 8. The van der Waals surface area contributed by atoms with Crippen molar-refractivity contribution in [3.05, 3.63) is 209 Å². The van der Waals surface area contributed by atoms with E-state index in [1.54, 1.807) is 31.2 Å². The average Bonchev–Trinajstić information content (AvgIpc) is 3.80. The van der Waals surface area contributed by atoms with Gasteiger partial charge < -0.3 is 9.13 Å². The Balaban J connectivity index is 1.33. The Morgan fingerprint density at radius 3 is 1.38 bits per heavy atom. The van der Waals surface area contributed by atoms with Crippen LogP contribution in [0.5, 0.6) is 0 Å². The van der Waals surface area contributed by atoms with Crippen molar-refractivity contribution in [1.82, 2.24) is 9.13 Å². The fourth-order valence-corrected chi connectivity index (χ4v) is 8.78. The molecule has 0 spiro atoms. The molecule has 5 nitrogen and oxygen atoms in total. The summed E-state index contributed by atoms with van der Waals surface area (Å²) in [7, 11) is 0. The van der Waals surface area contributed by atoms with Crippen molar-refractivity contribution in [2.75, 3.05) is 0 Å². The lowest BCUT2D eigenvalue weighted by Gasteiger charge is -2.20. The number of hydrogen-bond donors (Lipinski definition) is 0. The maximum absolute atomic E-state index is 14.3. The Bertz CT molecular complexity index is 3590. The average molecular weight is 794 g/mol. The molecular weight excluding hydrogens is 764 g/mol. The third-order valence-corrected chi connectivity index (χ3v) is 11.4. The maximum atomic E-state index is 14.3. The second kappa shape index (κ2) is 14.2. The van der Waals surface area contributed by atoms with Crippen LogP contribution in [-0.2, 0) is 6.18 Å². The van der Waals surface area contributed by atoms with Crippen molar-refractivity contribution in [3.63, 3.8) is 0 Å². The standard InChI is InChI=1S/C53H30F3N5/c1-32-25-35(27-36(26-32)53(54,55)56)41-30-51(60-47-19-11-7-15-39(47)42-28-33(21-23-49(42)60)37-13-5-9-17-44(37)57-2)52(31-46(41)59-4)61-48-20-12-8-16-40(48)43-29-34(22-24-50(43)61)38-14-6-10-18-45(38)58-3/h5-31H,1H3. The Labute approximate surface area is 348 Å². The van der Waals surface area contributed by atoms with Gasteiger partial charge in [0, 0.05) is 21.5 Å². The number of rotatable bonds is 5. The molecule has 0 amide bonds. The summed E-state index contributed by atoms with van der Waals surface area (Å²) in [5, 5.41) is 3.76. The minimum Gasteiger partial charge on any atom is -0.308 e. The van der Waals surface area contributed by atoms with Gasteiger partial charge in [-0.25, -0.2) is 14.5 Å². The topological polar surface area (TPSA) is 22.9 Å². The summed E-state index contributed by atoms with van der Waals surface area (Å²) in [6.45, 7) is 25.7. The van der Waals surface area contributed by atoms with Crippen LogP contribution in [-0.4, -0.2) is 9.13 Å². The summed E-state index contributed by atoms with van der Waals surface area (Å²) in [5.41, 5.74) is 9.69. The first-order chi connectivity index (χ1) is 29.7. The molecule has 0 N–H and O–H groups in total. The first kappa shape index (κ1) is 36.9. The summed E-state index contributed by atoms with van der Waals surface area (Å²) in [5.74, 6) is 0. The summed E-state index contributed by atoms with van der Waals surface area (Å²) in [4.78, 5) is 11.5. The van der Waals surface area contributed by atoms with Gasteiger partial charge in [0.15, 0.2) is 17.1 Å². The monoisotopic (exact) mass is 793 g/mol. The van der Waals surface area contributed by atoms with Crippen molar-refractivity contribution in [1.29, 1.82) is 0 Å². The van der Waals surface area contributed by atoms with Gasteiger partial charge in [-0.05, 0) is 107 Å². The molecule has 61 heavy (non-hydrogen) atoms. The molecule has 8 heteroatoms. The van der Waals surface area contributed by atoms with Crippen molar-refractivity contribution in [3.8, 4) is 44.8 Å². The van der Waals surface area contributed by atoms with Gasteiger partial charge >= 0.3 is 6.18 Å². The van der Waals surface area contributed by atoms with Gasteiger partial charge in [0.2, 0.25) is 0 Å². The molecule has 0 aliphatic carbocycles. The smallest absolute Gasteiger partial charge is 0.308 e. The largest absolute Gasteiger partial charge is 0.416 e. The van der Waals surface area contributed by atoms with E-state index in [9.17, 15) is 13.2 Å². The van der Waals surface area contributed by atoms with E-state index in [2.05, 4.69) is 41.9 Å². The molecule has 0 fully saturated rings. The van der Waals surface area contributed by atoms with Crippen LogP contribution in [0.3, 0.4) is 0 Å². The summed E-state index contributed by atoms with van der Waals surface area (Å²) < 4.78 is 47.2. The Hall–Kier alpha value is -8.38. The third kappa shape index (κ3) is 5.99. The van der Waals surface area contributed by atoms with E-state index in [1.807, 2.05) is 109 Å². The van der Waals surface area contributed by atoms with Crippen LogP contribution in [0.2, 0.25) is 0 Å². The second-order valence-electron chi connectivity index (χ2n) is 15.0. The Kier molecular flexibility index (Phi) is 8.58. The van der Waals surface area contributed by atoms with Crippen LogP contribution >= 0.6 is 0 Å². The minimum absolute atomic E-state index is 0.199.